The Balaban J connectivity index is 2.61. The Morgan fingerprint density at radius 2 is 2.44 bits per heavy atom. The van der Waals surface area contributed by atoms with Gasteiger partial charge in [0.2, 0.25) is 5.91 Å². The van der Waals surface area contributed by atoms with Gasteiger partial charge in [0.15, 0.2) is 0 Å². The summed E-state index contributed by atoms with van der Waals surface area (Å²) in [6, 6.07) is 3.62. The summed E-state index contributed by atoms with van der Waals surface area (Å²) in [7, 11) is 3.26. The third kappa shape index (κ3) is 3.29. The zero-order valence-electron chi connectivity index (χ0n) is 9.59. The van der Waals surface area contributed by atoms with Gasteiger partial charge >= 0.3 is 0 Å². The third-order valence-corrected chi connectivity index (χ3v) is 2.41. The molecule has 88 valence electrons. The average Bonchev–Trinajstić information content (AvgIpc) is 2.35. The van der Waals surface area contributed by atoms with E-state index in [1.54, 1.807) is 37.5 Å². The predicted octanol–water partition coefficient (Wildman–Crippen LogP) is 0.408. The Labute approximate surface area is 95.2 Å². The number of hydrogen-bond donors (Lipinski definition) is 1. The first-order valence-electron chi connectivity index (χ1n) is 5.08. The van der Waals surface area contributed by atoms with E-state index in [1.807, 2.05) is 6.07 Å². The molecule has 1 atom stereocenters. The first-order valence-corrected chi connectivity index (χ1v) is 5.08. The fourth-order valence-corrected chi connectivity index (χ4v) is 1.29. The van der Waals surface area contributed by atoms with Crippen molar-refractivity contribution in [3.63, 3.8) is 0 Å². The molecule has 1 aromatic heterocycles. The molecule has 1 rings (SSSR count). The van der Waals surface area contributed by atoms with Crippen LogP contribution < -0.4 is 10.6 Å². The van der Waals surface area contributed by atoms with Gasteiger partial charge in [-0.2, -0.15) is 0 Å². The Morgan fingerprint density at radius 1 is 1.69 bits per heavy atom. The molecule has 0 aliphatic rings. The van der Waals surface area contributed by atoms with E-state index in [9.17, 15) is 4.79 Å². The quantitative estimate of drug-likeness (QED) is 0.785. The maximum atomic E-state index is 11.8. The van der Waals surface area contributed by atoms with Crippen LogP contribution in [-0.4, -0.2) is 37.7 Å². The van der Waals surface area contributed by atoms with Crippen LogP contribution in [0.15, 0.2) is 24.5 Å². The monoisotopic (exact) mass is 223 g/mol. The summed E-state index contributed by atoms with van der Waals surface area (Å²) in [5, 5.41) is 0. The Kier molecular flexibility index (Phi) is 4.88. The second kappa shape index (κ2) is 6.19. The van der Waals surface area contributed by atoms with Crippen LogP contribution in [0.5, 0.6) is 0 Å². The summed E-state index contributed by atoms with van der Waals surface area (Å²) < 4.78 is 5.07. The smallest absolute Gasteiger partial charge is 0.229 e. The van der Waals surface area contributed by atoms with E-state index in [2.05, 4.69) is 4.98 Å². The lowest BCUT2D eigenvalue weighted by atomic mass is 10.2. The molecular weight excluding hydrogens is 206 g/mol. The van der Waals surface area contributed by atoms with Crippen molar-refractivity contribution in [1.82, 2.24) is 4.98 Å². The molecule has 0 fully saturated rings. The lowest BCUT2D eigenvalue weighted by Crippen LogP contribution is -2.33. The minimum atomic E-state index is -0.230. The molecule has 0 aliphatic carbocycles. The molecule has 0 aromatic carbocycles. The van der Waals surface area contributed by atoms with E-state index in [4.69, 9.17) is 10.5 Å². The second-order valence-electron chi connectivity index (χ2n) is 3.46. The number of aromatic nitrogens is 1. The summed E-state index contributed by atoms with van der Waals surface area (Å²) >= 11 is 0. The number of carbonyl (C=O) groups excluding carboxylic acids is 1. The van der Waals surface area contributed by atoms with Crippen molar-refractivity contribution < 1.29 is 9.53 Å². The maximum Gasteiger partial charge on any atom is 0.229 e. The summed E-state index contributed by atoms with van der Waals surface area (Å²) in [5.41, 5.74) is 6.23. The molecule has 1 unspecified atom stereocenters. The molecule has 0 aliphatic heterocycles. The first kappa shape index (κ1) is 12.6. The van der Waals surface area contributed by atoms with E-state index in [-0.39, 0.29) is 18.4 Å². The Bertz CT molecular complexity index is 325. The molecule has 1 amide bonds. The van der Waals surface area contributed by atoms with Gasteiger partial charge in [-0.05, 0) is 12.1 Å². The van der Waals surface area contributed by atoms with Gasteiger partial charge in [0.25, 0.3) is 0 Å². The number of anilines is 1. The summed E-state index contributed by atoms with van der Waals surface area (Å²) in [6.45, 7) is 0.336. The van der Waals surface area contributed by atoms with Gasteiger partial charge in [-0.3, -0.25) is 9.78 Å². The number of carbonyl (C=O) groups is 1. The van der Waals surface area contributed by atoms with E-state index in [0.29, 0.717) is 6.54 Å². The number of methoxy groups -OCH3 is 1. The van der Waals surface area contributed by atoms with Crippen molar-refractivity contribution in [3.8, 4) is 0 Å². The highest BCUT2D eigenvalue weighted by Crippen LogP contribution is 2.11. The van der Waals surface area contributed by atoms with E-state index < -0.39 is 0 Å². The van der Waals surface area contributed by atoms with Gasteiger partial charge < -0.3 is 15.4 Å². The molecule has 2 N–H and O–H groups in total. The van der Waals surface area contributed by atoms with Gasteiger partial charge in [0, 0.05) is 26.9 Å². The predicted molar refractivity (Wildman–Crippen MR) is 62.1 cm³/mol. The average molecular weight is 223 g/mol. The minimum absolute atomic E-state index is 0.0368. The molecule has 16 heavy (non-hydrogen) atoms. The lowest BCUT2D eigenvalue weighted by molar-refractivity contribution is -0.120. The van der Waals surface area contributed by atoms with E-state index in [0.717, 1.165) is 5.69 Å². The van der Waals surface area contributed by atoms with Gasteiger partial charge in [0.1, 0.15) is 0 Å². The van der Waals surface area contributed by atoms with Gasteiger partial charge in [-0.15, -0.1) is 0 Å². The fraction of sp³-hybridized carbons (Fsp3) is 0.455. The minimum Gasteiger partial charge on any atom is -0.380 e. The van der Waals surface area contributed by atoms with Crippen LogP contribution in [0.1, 0.15) is 6.42 Å². The van der Waals surface area contributed by atoms with Gasteiger partial charge in [-0.25, -0.2) is 0 Å². The molecule has 0 saturated heterocycles. The van der Waals surface area contributed by atoms with Crippen molar-refractivity contribution in [1.29, 1.82) is 0 Å². The van der Waals surface area contributed by atoms with Crippen LogP contribution in [0.4, 0.5) is 5.69 Å². The van der Waals surface area contributed by atoms with Gasteiger partial charge in [-0.1, -0.05) is 0 Å². The lowest BCUT2D eigenvalue weighted by Gasteiger charge is -2.19. The van der Waals surface area contributed by atoms with Crippen LogP contribution in [-0.2, 0) is 9.53 Å². The van der Waals surface area contributed by atoms with Crippen LogP contribution in [0.2, 0.25) is 0 Å². The van der Waals surface area contributed by atoms with Gasteiger partial charge in [0.05, 0.1) is 24.4 Å². The Hall–Kier alpha value is -1.46. The molecule has 0 bridgehead atoms. The molecule has 1 heterocycles. The van der Waals surface area contributed by atoms with E-state index in [1.165, 1.54) is 0 Å². The molecule has 1 aromatic rings. The molecular formula is C11H17N3O2. The summed E-state index contributed by atoms with van der Waals surface area (Å²) in [6.07, 6.45) is 3.35. The van der Waals surface area contributed by atoms with Crippen molar-refractivity contribution in [2.24, 2.45) is 5.73 Å². The van der Waals surface area contributed by atoms with E-state index >= 15 is 0 Å². The van der Waals surface area contributed by atoms with Crippen molar-refractivity contribution in [3.05, 3.63) is 24.5 Å². The molecule has 0 radical (unpaired) electrons. The fourth-order valence-electron chi connectivity index (χ4n) is 1.29. The normalized spacial score (nSPS) is 12.2. The zero-order valence-corrected chi connectivity index (χ0v) is 9.59. The first-order chi connectivity index (χ1) is 7.69. The van der Waals surface area contributed by atoms with Crippen molar-refractivity contribution in [2.75, 3.05) is 25.6 Å². The van der Waals surface area contributed by atoms with Crippen LogP contribution in [0.25, 0.3) is 0 Å². The van der Waals surface area contributed by atoms with Crippen molar-refractivity contribution >= 4 is 11.6 Å². The highest BCUT2D eigenvalue weighted by molar-refractivity contribution is 5.92. The highest BCUT2D eigenvalue weighted by Gasteiger charge is 2.16. The topological polar surface area (TPSA) is 68.5 Å². The number of hydrogen-bond acceptors (Lipinski definition) is 4. The van der Waals surface area contributed by atoms with Crippen LogP contribution >= 0.6 is 0 Å². The highest BCUT2D eigenvalue weighted by atomic mass is 16.5. The number of amides is 1. The number of nitrogens with two attached hydrogens (primary N) is 1. The third-order valence-electron chi connectivity index (χ3n) is 2.41. The van der Waals surface area contributed by atoms with Crippen LogP contribution in [0, 0.1) is 0 Å². The van der Waals surface area contributed by atoms with Crippen LogP contribution in [0.3, 0.4) is 0 Å². The zero-order chi connectivity index (χ0) is 12.0. The molecule has 5 nitrogen and oxygen atoms in total. The number of rotatable bonds is 5. The van der Waals surface area contributed by atoms with Crippen molar-refractivity contribution in [2.45, 2.75) is 12.5 Å². The molecule has 5 heteroatoms. The standard InChI is InChI=1S/C11H17N3O2/c1-14(9-4-3-5-13-8-9)11(15)6-10(7-12)16-2/h3-5,8,10H,6-7,12H2,1-2H3. The largest absolute Gasteiger partial charge is 0.380 e. The SMILES string of the molecule is COC(CN)CC(=O)N(C)c1cccnc1. The summed E-state index contributed by atoms with van der Waals surface area (Å²) in [4.78, 5) is 17.3. The Morgan fingerprint density at radius 3 is 2.94 bits per heavy atom. The number of nitrogens with zero attached hydrogens (tertiary/aromatic N) is 2. The maximum absolute atomic E-state index is 11.8. The number of ether oxygens (including phenoxy) is 1. The second-order valence-corrected chi connectivity index (χ2v) is 3.46. The number of pyridine rings is 1. The molecule has 0 spiro atoms. The molecule has 0 saturated carbocycles. The summed E-state index contributed by atoms with van der Waals surface area (Å²) in [5.74, 6) is -0.0368.